The van der Waals surface area contributed by atoms with Gasteiger partial charge in [-0.15, -0.1) is 11.3 Å². The van der Waals surface area contributed by atoms with Crippen LogP contribution in [0.1, 0.15) is 16.3 Å². The van der Waals surface area contributed by atoms with E-state index in [0.29, 0.717) is 10.7 Å². The van der Waals surface area contributed by atoms with E-state index in [1.165, 1.54) is 6.07 Å². The number of nitrogens with one attached hydrogen (secondary N) is 1. The minimum Gasteiger partial charge on any atom is -0.379 e. The molecule has 0 aliphatic rings. The lowest BCUT2D eigenvalue weighted by Crippen LogP contribution is -2.08. The minimum absolute atomic E-state index is 0.0601. The first-order valence-electron chi connectivity index (χ1n) is 6.28. The van der Waals surface area contributed by atoms with Crippen molar-refractivity contribution in [3.05, 3.63) is 50.0 Å². The molecule has 5 nitrogen and oxygen atoms in total. The zero-order valence-corrected chi connectivity index (χ0v) is 12.3. The fraction of sp³-hybridized carbons (Fsp3) is 0.308. The van der Waals surface area contributed by atoms with E-state index in [-0.39, 0.29) is 18.7 Å². The summed E-state index contributed by atoms with van der Waals surface area (Å²) in [4.78, 5) is 14.0. The number of nitro benzene ring substituents is 1. The number of thiazole rings is 1. The molecule has 1 N–H and O–H groups in total. The summed E-state index contributed by atoms with van der Waals surface area (Å²) < 4.78 is 37.3. The maximum atomic E-state index is 12.4. The predicted molar refractivity (Wildman–Crippen MR) is 77.1 cm³/mol. The second-order valence-corrected chi connectivity index (χ2v) is 5.52. The highest BCUT2D eigenvalue weighted by molar-refractivity contribution is 7.09. The van der Waals surface area contributed by atoms with Gasteiger partial charge in [-0.05, 0) is 18.6 Å². The Morgan fingerprint density at radius 1 is 1.41 bits per heavy atom. The molecule has 118 valence electrons. The maximum Gasteiger partial charge on any atom is 0.434 e. The minimum atomic E-state index is -4.45. The van der Waals surface area contributed by atoms with Gasteiger partial charge in [0, 0.05) is 24.4 Å². The third-order valence-corrected chi connectivity index (χ3v) is 3.76. The molecule has 2 aromatic rings. The Bertz CT molecular complexity index is 685. The van der Waals surface area contributed by atoms with Gasteiger partial charge in [0.05, 0.1) is 9.93 Å². The molecule has 0 unspecified atom stereocenters. The predicted octanol–water partition coefficient (Wildman–Crippen LogP) is 4.03. The van der Waals surface area contributed by atoms with Crippen molar-refractivity contribution in [1.29, 1.82) is 0 Å². The van der Waals surface area contributed by atoms with Gasteiger partial charge in [0.25, 0.3) is 5.69 Å². The fourth-order valence-electron chi connectivity index (χ4n) is 1.80. The fourth-order valence-corrected chi connectivity index (χ4v) is 2.61. The van der Waals surface area contributed by atoms with Crippen LogP contribution in [0.15, 0.2) is 23.6 Å². The summed E-state index contributed by atoms with van der Waals surface area (Å²) in [6.45, 7) is 2.00. The second-order valence-electron chi connectivity index (χ2n) is 4.58. The monoisotopic (exact) mass is 331 g/mol. The van der Waals surface area contributed by atoms with E-state index in [0.717, 1.165) is 22.3 Å². The van der Waals surface area contributed by atoms with Crippen LogP contribution >= 0.6 is 11.3 Å². The Kier molecular flexibility index (Phi) is 4.65. The van der Waals surface area contributed by atoms with Gasteiger partial charge >= 0.3 is 6.18 Å². The molecule has 0 saturated heterocycles. The van der Waals surface area contributed by atoms with Crippen molar-refractivity contribution in [3.8, 4) is 0 Å². The Hall–Kier alpha value is -2.16. The van der Waals surface area contributed by atoms with Crippen molar-refractivity contribution >= 4 is 22.7 Å². The zero-order valence-electron chi connectivity index (χ0n) is 11.5. The van der Waals surface area contributed by atoms with Crippen LogP contribution in [0.5, 0.6) is 0 Å². The lowest BCUT2D eigenvalue weighted by molar-refractivity contribution is -0.384. The van der Waals surface area contributed by atoms with Gasteiger partial charge in [-0.1, -0.05) is 6.07 Å². The molecule has 22 heavy (non-hydrogen) atoms. The molecule has 0 aliphatic heterocycles. The van der Waals surface area contributed by atoms with Crippen LogP contribution in [0, 0.1) is 17.0 Å². The van der Waals surface area contributed by atoms with Crippen molar-refractivity contribution in [2.75, 3.05) is 11.9 Å². The number of hydrogen-bond acceptors (Lipinski definition) is 5. The SMILES string of the molecule is Cc1ccc(NCCc2nc(C(F)(F)F)cs2)c([N+](=O)[O-])c1. The summed E-state index contributed by atoms with van der Waals surface area (Å²) in [6, 6.07) is 4.74. The number of nitro groups is 1. The first kappa shape index (κ1) is 16.2. The van der Waals surface area contributed by atoms with E-state index in [1.807, 2.05) is 0 Å². The molecule has 1 heterocycles. The Labute approximate surface area is 128 Å². The lowest BCUT2D eigenvalue weighted by Gasteiger charge is -2.06. The van der Waals surface area contributed by atoms with Crippen molar-refractivity contribution in [2.45, 2.75) is 19.5 Å². The van der Waals surface area contributed by atoms with Crippen LogP contribution < -0.4 is 5.32 Å². The van der Waals surface area contributed by atoms with E-state index < -0.39 is 16.8 Å². The van der Waals surface area contributed by atoms with Gasteiger partial charge in [-0.25, -0.2) is 4.98 Å². The number of aromatic nitrogens is 1. The van der Waals surface area contributed by atoms with Gasteiger partial charge in [0.1, 0.15) is 5.69 Å². The molecule has 9 heteroatoms. The van der Waals surface area contributed by atoms with Crippen molar-refractivity contribution in [1.82, 2.24) is 4.98 Å². The number of alkyl halides is 3. The number of nitrogens with zero attached hydrogens (tertiary/aromatic N) is 2. The smallest absolute Gasteiger partial charge is 0.379 e. The van der Waals surface area contributed by atoms with Crippen molar-refractivity contribution in [3.63, 3.8) is 0 Å². The van der Waals surface area contributed by atoms with Crippen LogP contribution in [0.3, 0.4) is 0 Å². The van der Waals surface area contributed by atoms with E-state index in [1.54, 1.807) is 19.1 Å². The highest BCUT2D eigenvalue weighted by Crippen LogP contribution is 2.30. The molecular weight excluding hydrogens is 319 g/mol. The molecule has 0 aliphatic carbocycles. The average Bonchev–Trinajstić information content (AvgIpc) is 2.89. The highest BCUT2D eigenvalue weighted by Gasteiger charge is 2.33. The third kappa shape index (κ3) is 3.94. The number of aryl methyl sites for hydroxylation is 1. The first-order valence-corrected chi connectivity index (χ1v) is 7.16. The Morgan fingerprint density at radius 2 is 2.14 bits per heavy atom. The van der Waals surface area contributed by atoms with Crippen LogP contribution in [0.2, 0.25) is 0 Å². The summed E-state index contributed by atoms with van der Waals surface area (Å²) in [5.41, 5.74) is 0.124. The van der Waals surface area contributed by atoms with Crippen molar-refractivity contribution in [2.24, 2.45) is 0 Å². The van der Waals surface area contributed by atoms with Gasteiger partial charge in [-0.3, -0.25) is 10.1 Å². The molecule has 0 spiro atoms. The number of halogens is 3. The zero-order chi connectivity index (χ0) is 16.3. The summed E-state index contributed by atoms with van der Waals surface area (Å²) >= 11 is 0.920. The molecule has 1 aromatic carbocycles. The van der Waals surface area contributed by atoms with Crippen LogP contribution in [0.25, 0.3) is 0 Å². The molecule has 2 rings (SSSR count). The van der Waals surface area contributed by atoms with E-state index >= 15 is 0 Å². The second kappa shape index (κ2) is 6.30. The molecule has 0 bridgehead atoms. The highest BCUT2D eigenvalue weighted by atomic mass is 32.1. The molecular formula is C13H12F3N3O2S. The lowest BCUT2D eigenvalue weighted by atomic mass is 10.2. The topological polar surface area (TPSA) is 68.1 Å². The largest absolute Gasteiger partial charge is 0.434 e. The summed E-state index contributed by atoms with van der Waals surface area (Å²) in [5, 5.41) is 15.1. The van der Waals surface area contributed by atoms with Gasteiger partial charge < -0.3 is 5.32 Å². The van der Waals surface area contributed by atoms with Crippen LogP contribution in [-0.4, -0.2) is 16.5 Å². The number of rotatable bonds is 5. The van der Waals surface area contributed by atoms with Gasteiger partial charge in [0.2, 0.25) is 0 Å². The van der Waals surface area contributed by atoms with Crippen LogP contribution in [0.4, 0.5) is 24.5 Å². The van der Waals surface area contributed by atoms with Crippen molar-refractivity contribution < 1.29 is 18.1 Å². The van der Waals surface area contributed by atoms with E-state index in [2.05, 4.69) is 10.3 Å². The quantitative estimate of drug-likeness (QED) is 0.663. The van der Waals surface area contributed by atoms with E-state index in [9.17, 15) is 23.3 Å². The molecule has 0 amide bonds. The molecule has 0 fully saturated rings. The Morgan fingerprint density at radius 3 is 2.73 bits per heavy atom. The first-order chi connectivity index (χ1) is 10.3. The summed E-state index contributed by atoms with van der Waals surface area (Å²) in [6.07, 6.45) is -4.19. The van der Waals surface area contributed by atoms with E-state index in [4.69, 9.17) is 0 Å². The van der Waals surface area contributed by atoms with Gasteiger partial charge in [0.15, 0.2) is 5.69 Å². The Balaban J connectivity index is 2.00. The number of hydrogen-bond donors (Lipinski definition) is 1. The molecule has 1 aromatic heterocycles. The normalized spacial score (nSPS) is 11.5. The van der Waals surface area contributed by atoms with Gasteiger partial charge in [-0.2, -0.15) is 13.2 Å². The molecule has 0 atom stereocenters. The molecule has 0 radical (unpaired) electrons. The average molecular weight is 331 g/mol. The van der Waals surface area contributed by atoms with Crippen LogP contribution in [-0.2, 0) is 12.6 Å². The maximum absolute atomic E-state index is 12.4. The molecule has 0 saturated carbocycles. The summed E-state index contributed by atoms with van der Waals surface area (Å²) in [5.74, 6) is 0. The number of anilines is 1. The summed E-state index contributed by atoms with van der Waals surface area (Å²) in [7, 11) is 0. The standard InChI is InChI=1S/C13H12F3N3O2S/c1-8-2-3-9(10(6-8)19(20)21)17-5-4-12-18-11(7-22-12)13(14,15)16/h2-3,6-7,17H,4-5H2,1H3. The third-order valence-electron chi connectivity index (χ3n) is 2.85. The number of benzene rings is 1.